The summed E-state index contributed by atoms with van der Waals surface area (Å²) in [5.74, 6) is -0.809. The highest BCUT2D eigenvalue weighted by molar-refractivity contribution is 7.89. The molecule has 1 rings (SSSR count). The van der Waals surface area contributed by atoms with Gasteiger partial charge in [-0.3, -0.25) is 14.9 Å². The average Bonchev–Trinajstić information content (AvgIpc) is 2.42. The van der Waals surface area contributed by atoms with E-state index in [0.29, 0.717) is 12.8 Å². The van der Waals surface area contributed by atoms with Crippen molar-refractivity contribution in [2.45, 2.75) is 31.6 Å². The summed E-state index contributed by atoms with van der Waals surface area (Å²) < 4.78 is 26.4. The lowest BCUT2D eigenvalue weighted by Crippen LogP contribution is -2.39. The maximum atomic E-state index is 12.7. The van der Waals surface area contributed by atoms with Crippen molar-refractivity contribution in [1.82, 2.24) is 4.31 Å². The second-order valence-electron chi connectivity index (χ2n) is 4.84. The lowest BCUT2D eigenvalue weighted by atomic mass is 10.2. The Labute approximate surface area is 129 Å². The third-order valence-electron chi connectivity index (χ3n) is 3.08. The lowest BCUT2D eigenvalue weighted by molar-refractivity contribution is -0.387. The van der Waals surface area contributed by atoms with Crippen LogP contribution in [0.1, 0.15) is 25.3 Å². The molecule has 0 heterocycles. The van der Waals surface area contributed by atoms with Crippen molar-refractivity contribution in [3.05, 3.63) is 33.9 Å². The van der Waals surface area contributed by atoms with Gasteiger partial charge in [0.2, 0.25) is 5.91 Å². The number of amides is 1. The number of nitro benzene ring substituents is 1. The minimum absolute atomic E-state index is 0.0766. The summed E-state index contributed by atoms with van der Waals surface area (Å²) in [6.45, 7) is 2.91. The number of hydrogen-bond acceptors (Lipinski definition) is 5. The number of unbranched alkanes of at least 4 members (excludes halogenated alkanes) is 1. The molecule has 0 aliphatic heterocycles. The molecule has 0 unspecified atom stereocenters. The summed E-state index contributed by atoms with van der Waals surface area (Å²) in [7, 11) is -4.18. The molecule has 8 nitrogen and oxygen atoms in total. The molecule has 9 heteroatoms. The Morgan fingerprint density at radius 3 is 2.55 bits per heavy atom. The van der Waals surface area contributed by atoms with Crippen LogP contribution < -0.4 is 5.73 Å². The molecular formula is C13H19N3O5S. The van der Waals surface area contributed by atoms with Gasteiger partial charge in [0.15, 0.2) is 4.90 Å². The summed E-state index contributed by atoms with van der Waals surface area (Å²) in [5.41, 5.74) is 4.84. The number of carbonyl (C=O) groups is 1. The number of nitro groups is 1. The van der Waals surface area contributed by atoms with Gasteiger partial charge in [0, 0.05) is 12.6 Å². The van der Waals surface area contributed by atoms with Crippen LogP contribution >= 0.6 is 0 Å². The predicted molar refractivity (Wildman–Crippen MR) is 80.7 cm³/mol. The second-order valence-corrected chi connectivity index (χ2v) is 6.71. The van der Waals surface area contributed by atoms with E-state index in [1.54, 1.807) is 0 Å². The maximum Gasteiger partial charge on any atom is 0.289 e. The van der Waals surface area contributed by atoms with Crippen LogP contribution in [0.4, 0.5) is 5.69 Å². The maximum absolute atomic E-state index is 12.7. The quantitative estimate of drug-likeness (QED) is 0.566. The van der Waals surface area contributed by atoms with Crippen molar-refractivity contribution < 1.29 is 18.1 Å². The number of benzene rings is 1. The molecule has 0 saturated carbocycles. The molecule has 1 aromatic rings. The second kappa shape index (κ2) is 7.32. The molecule has 0 spiro atoms. The first-order valence-electron chi connectivity index (χ1n) is 6.74. The number of nitrogens with two attached hydrogens (primary N) is 1. The zero-order valence-corrected chi connectivity index (χ0v) is 13.3. The van der Waals surface area contributed by atoms with Gasteiger partial charge in [0.1, 0.15) is 0 Å². The fourth-order valence-electron chi connectivity index (χ4n) is 2.04. The van der Waals surface area contributed by atoms with Crippen LogP contribution in [0.15, 0.2) is 23.1 Å². The van der Waals surface area contributed by atoms with Crippen molar-refractivity contribution in [2.24, 2.45) is 5.73 Å². The van der Waals surface area contributed by atoms with E-state index >= 15 is 0 Å². The smallest absolute Gasteiger partial charge is 0.289 e. The van der Waals surface area contributed by atoms with E-state index in [-0.39, 0.29) is 12.1 Å². The monoisotopic (exact) mass is 329 g/mol. The van der Waals surface area contributed by atoms with Crippen molar-refractivity contribution in [3.63, 3.8) is 0 Å². The largest absolute Gasteiger partial charge is 0.369 e. The van der Waals surface area contributed by atoms with Crippen molar-refractivity contribution in [3.8, 4) is 0 Å². The highest BCUT2D eigenvalue weighted by Gasteiger charge is 2.33. The zero-order chi connectivity index (χ0) is 16.9. The van der Waals surface area contributed by atoms with E-state index in [1.165, 1.54) is 19.1 Å². The lowest BCUT2D eigenvalue weighted by Gasteiger charge is -2.21. The molecule has 0 bridgehead atoms. The number of sulfonamides is 1. The number of nitrogens with zero attached hydrogens (tertiary/aromatic N) is 2. The minimum atomic E-state index is -4.18. The molecule has 0 aromatic heterocycles. The Hall–Kier alpha value is -2.00. The average molecular weight is 329 g/mol. The molecule has 0 saturated heterocycles. The standard InChI is InChI=1S/C13H19N3O5S/c1-3-4-8-15(9-12(14)17)22(20,21)13-10(2)6-5-7-11(13)16(18)19/h5-7H,3-4,8-9H2,1-2H3,(H2,14,17). The van der Waals surface area contributed by atoms with Gasteiger partial charge >= 0.3 is 0 Å². The topological polar surface area (TPSA) is 124 Å². The Bertz CT molecular complexity index is 672. The van der Waals surface area contributed by atoms with Crippen LogP contribution in [0.25, 0.3) is 0 Å². The third kappa shape index (κ3) is 4.01. The molecule has 0 radical (unpaired) electrons. The number of primary amides is 1. The number of hydrogen-bond donors (Lipinski definition) is 1. The van der Waals surface area contributed by atoms with Gasteiger partial charge in [-0.25, -0.2) is 8.42 Å². The molecule has 1 amide bonds. The van der Waals surface area contributed by atoms with E-state index in [2.05, 4.69) is 0 Å². The van der Waals surface area contributed by atoms with Crippen LogP contribution in [0.5, 0.6) is 0 Å². The molecule has 1 aromatic carbocycles. The van der Waals surface area contributed by atoms with Crippen LogP contribution in [-0.2, 0) is 14.8 Å². The van der Waals surface area contributed by atoms with E-state index in [4.69, 9.17) is 5.73 Å². The van der Waals surface area contributed by atoms with E-state index in [9.17, 15) is 23.3 Å². The molecule has 0 aliphatic rings. The number of aryl methyl sites for hydroxylation is 1. The fraction of sp³-hybridized carbons (Fsp3) is 0.462. The molecule has 2 N–H and O–H groups in total. The van der Waals surface area contributed by atoms with Gasteiger partial charge in [-0.1, -0.05) is 25.5 Å². The molecular weight excluding hydrogens is 310 g/mol. The summed E-state index contributed by atoms with van der Waals surface area (Å²) in [4.78, 5) is 21.1. The van der Waals surface area contributed by atoms with Gasteiger partial charge < -0.3 is 5.73 Å². The first-order valence-corrected chi connectivity index (χ1v) is 8.18. The molecule has 122 valence electrons. The third-order valence-corrected chi connectivity index (χ3v) is 5.12. The SMILES string of the molecule is CCCCN(CC(N)=O)S(=O)(=O)c1c(C)cccc1[N+](=O)[O-]. The van der Waals surface area contributed by atoms with Crippen LogP contribution in [0.2, 0.25) is 0 Å². The number of rotatable bonds is 8. The number of carbonyl (C=O) groups excluding carboxylic acids is 1. The van der Waals surface area contributed by atoms with E-state index < -0.39 is 38.0 Å². The first-order chi connectivity index (χ1) is 10.2. The highest BCUT2D eigenvalue weighted by atomic mass is 32.2. The zero-order valence-electron chi connectivity index (χ0n) is 12.5. The van der Waals surface area contributed by atoms with E-state index in [0.717, 1.165) is 10.4 Å². The fourth-order valence-corrected chi connectivity index (χ4v) is 3.84. The summed E-state index contributed by atoms with van der Waals surface area (Å²) in [6.07, 6.45) is 1.23. The minimum Gasteiger partial charge on any atom is -0.369 e. The summed E-state index contributed by atoms with van der Waals surface area (Å²) >= 11 is 0. The Morgan fingerprint density at radius 1 is 1.41 bits per heavy atom. The molecule has 0 atom stereocenters. The van der Waals surface area contributed by atoms with E-state index in [1.807, 2.05) is 6.92 Å². The van der Waals surface area contributed by atoms with Crippen molar-refractivity contribution in [2.75, 3.05) is 13.1 Å². The molecule has 0 fully saturated rings. The predicted octanol–water partition coefficient (Wildman–Crippen LogP) is 1.18. The van der Waals surface area contributed by atoms with Crippen LogP contribution in [0.3, 0.4) is 0 Å². The first kappa shape index (κ1) is 18.1. The van der Waals surface area contributed by atoms with Gasteiger partial charge in [0.25, 0.3) is 15.7 Å². The van der Waals surface area contributed by atoms with Crippen molar-refractivity contribution in [1.29, 1.82) is 0 Å². The van der Waals surface area contributed by atoms with Crippen LogP contribution in [0, 0.1) is 17.0 Å². The van der Waals surface area contributed by atoms with Gasteiger partial charge in [-0.05, 0) is 18.9 Å². The molecule has 0 aliphatic carbocycles. The van der Waals surface area contributed by atoms with Gasteiger partial charge in [-0.2, -0.15) is 4.31 Å². The van der Waals surface area contributed by atoms with Gasteiger partial charge in [0.05, 0.1) is 11.5 Å². The highest BCUT2D eigenvalue weighted by Crippen LogP contribution is 2.29. The molecule has 22 heavy (non-hydrogen) atoms. The Kier molecular flexibility index (Phi) is 6.01. The van der Waals surface area contributed by atoms with Crippen molar-refractivity contribution >= 4 is 21.6 Å². The van der Waals surface area contributed by atoms with Crippen LogP contribution in [-0.4, -0.2) is 36.6 Å². The Morgan fingerprint density at radius 2 is 2.05 bits per heavy atom. The summed E-state index contributed by atoms with van der Waals surface area (Å²) in [5, 5.41) is 11.1. The Balaban J connectivity index is 3.42. The summed E-state index contributed by atoms with van der Waals surface area (Å²) in [6, 6.07) is 4.02. The van der Waals surface area contributed by atoms with Gasteiger partial charge in [-0.15, -0.1) is 0 Å². The normalized spacial score (nSPS) is 11.6.